The molecular weight excluding hydrogens is 452 g/mol. The summed E-state index contributed by atoms with van der Waals surface area (Å²) in [6, 6.07) is 4.46. The SMILES string of the molecule is CC1c2cnc(-c3ncccn3)nc2CCN1c1cc(F)c(F)c(OCCCN2CCNCC2)c1. The van der Waals surface area contributed by atoms with Crippen molar-refractivity contribution in [2.45, 2.75) is 25.8 Å². The normalized spacial score (nSPS) is 18.4. The second-order valence-electron chi connectivity index (χ2n) is 8.82. The minimum absolute atomic E-state index is 0.0499. The van der Waals surface area contributed by atoms with Crippen LogP contribution in [0, 0.1) is 11.6 Å². The number of nitrogens with zero attached hydrogens (tertiary/aromatic N) is 6. The summed E-state index contributed by atoms with van der Waals surface area (Å²) in [6.07, 6.45) is 6.48. The molecule has 0 bridgehead atoms. The standard InChI is InChI=1S/C25H29F2N7O/c1-17-19-16-31-25(24-29-5-2-6-30-24)32-21(19)4-10-34(17)18-14-20(26)23(27)22(15-18)35-13-3-9-33-11-7-28-8-12-33/h2,5-6,14-17,28H,3-4,7-13H2,1H3. The lowest BCUT2D eigenvalue weighted by atomic mass is 9.98. The average molecular weight is 482 g/mol. The van der Waals surface area contributed by atoms with Crippen molar-refractivity contribution in [1.29, 1.82) is 0 Å². The van der Waals surface area contributed by atoms with Crippen LogP contribution in [-0.2, 0) is 6.42 Å². The first-order chi connectivity index (χ1) is 17.1. The van der Waals surface area contributed by atoms with Gasteiger partial charge in [0.25, 0.3) is 0 Å². The van der Waals surface area contributed by atoms with Crippen LogP contribution in [-0.4, -0.2) is 70.7 Å². The Hall–Kier alpha value is -3.24. The minimum atomic E-state index is -0.947. The quantitative estimate of drug-likeness (QED) is 0.516. The molecule has 1 atom stereocenters. The van der Waals surface area contributed by atoms with Gasteiger partial charge in [-0.2, -0.15) is 4.39 Å². The van der Waals surface area contributed by atoms with Crippen molar-refractivity contribution in [3.63, 3.8) is 0 Å². The van der Waals surface area contributed by atoms with Gasteiger partial charge in [-0.15, -0.1) is 0 Å². The first-order valence-corrected chi connectivity index (χ1v) is 12.0. The van der Waals surface area contributed by atoms with E-state index in [-0.39, 0.29) is 11.8 Å². The first-order valence-electron chi connectivity index (χ1n) is 12.0. The van der Waals surface area contributed by atoms with Crippen LogP contribution in [0.25, 0.3) is 11.6 Å². The molecule has 2 aromatic heterocycles. The highest BCUT2D eigenvalue weighted by molar-refractivity contribution is 5.55. The Bertz CT molecular complexity index is 1160. The Kier molecular flexibility index (Phi) is 7.10. The highest BCUT2D eigenvalue weighted by atomic mass is 19.2. The zero-order chi connectivity index (χ0) is 24.2. The van der Waals surface area contributed by atoms with E-state index in [0.717, 1.165) is 50.4 Å². The van der Waals surface area contributed by atoms with Crippen molar-refractivity contribution in [2.75, 3.05) is 50.8 Å². The Morgan fingerprint density at radius 1 is 1.06 bits per heavy atom. The van der Waals surface area contributed by atoms with Crippen LogP contribution in [0.1, 0.15) is 30.6 Å². The van der Waals surface area contributed by atoms with Crippen molar-refractivity contribution >= 4 is 5.69 Å². The smallest absolute Gasteiger partial charge is 0.200 e. The van der Waals surface area contributed by atoms with Crippen molar-refractivity contribution < 1.29 is 13.5 Å². The van der Waals surface area contributed by atoms with Crippen LogP contribution in [0.4, 0.5) is 14.5 Å². The van der Waals surface area contributed by atoms with Gasteiger partial charge in [0.05, 0.1) is 18.3 Å². The molecule has 1 saturated heterocycles. The lowest BCUT2D eigenvalue weighted by molar-refractivity contribution is 0.210. The van der Waals surface area contributed by atoms with Gasteiger partial charge >= 0.3 is 0 Å². The molecule has 1 unspecified atom stereocenters. The van der Waals surface area contributed by atoms with Crippen LogP contribution in [0.5, 0.6) is 5.75 Å². The third-order valence-corrected chi connectivity index (χ3v) is 6.57. The van der Waals surface area contributed by atoms with E-state index in [1.165, 1.54) is 6.07 Å². The van der Waals surface area contributed by atoms with Crippen molar-refractivity contribution in [3.8, 4) is 17.4 Å². The van der Waals surface area contributed by atoms with Crippen molar-refractivity contribution in [2.24, 2.45) is 0 Å². The lowest BCUT2D eigenvalue weighted by Gasteiger charge is -2.36. The van der Waals surface area contributed by atoms with Crippen molar-refractivity contribution in [1.82, 2.24) is 30.2 Å². The molecule has 2 aliphatic rings. The van der Waals surface area contributed by atoms with Crippen molar-refractivity contribution in [3.05, 3.63) is 59.7 Å². The Balaban J connectivity index is 1.28. The molecule has 5 rings (SSSR count). The summed E-state index contributed by atoms with van der Waals surface area (Å²) in [7, 11) is 0. The highest BCUT2D eigenvalue weighted by Crippen LogP contribution is 2.36. The Labute approximate surface area is 203 Å². The van der Waals surface area contributed by atoms with Gasteiger partial charge in [-0.3, -0.25) is 0 Å². The lowest BCUT2D eigenvalue weighted by Crippen LogP contribution is -2.44. The predicted molar refractivity (Wildman–Crippen MR) is 128 cm³/mol. The van der Waals surface area contributed by atoms with Crippen LogP contribution in [0.2, 0.25) is 0 Å². The maximum absolute atomic E-state index is 14.5. The fraction of sp³-hybridized carbons (Fsp3) is 0.440. The number of rotatable bonds is 7. The third kappa shape index (κ3) is 5.23. The molecule has 184 valence electrons. The second kappa shape index (κ2) is 10.6. The number of fused-ring (bicyclic) bond motifs is 1. The van der Waals surface area contributed by atoms with E-state index in [9.17, 15) is 8.78 Å². The zero-order valence-corrected chi connectivity index (χ0v) is 19.8. The van der Waals surface area contributed by atoms with Gasteiger partial charge < -0.3 is 19.9 Å². The van der Waals surface area contributed by atoms with E-state index >= 15 is 0 Å². The summed E-state index contributed by atoms with van der Waals surface area (Å²) in [5, 5.41) is 3.32. The molecule has 2 aliphatic heterocycles. The van der Waals surface area contributed by atoms with E-state index in [1.54, 1.807) is 30.7 Å². The summed E-state index contributed by atoms with van der Waals surface area (Å²) in [4.78, 5) is 21.9. The Morgan fingerprint density at radius 3 is 2.66 bits per heavy atom. The molecule has 8 nitrogen and oxygen atoms in total. The molecule has 10 heteroatoms. The number of nitrogens with one attached hydrogen (secondary N) is 1. The molecule has 1 fully saturated rings. The number of anilines is 1. The first kappa shape index (κ1) is 23.5. The highest BCUT2D eigenvalue weighted by Gasteiger charge is 2.28. The number of benzene rings is 1. The molecule has 0 saturated carbocycles. The molecule has 35 heavy (non-hydrogen) atoms. The van der Waals surface area contributed by atoms with Gasteiger partial charge in [-0.05, 0) is 19.4 Å². The number of aromatic nitrogens is 4. The van der Waals surface area contributed by atoms with Crippen LogP contribution < -0.4 is 15.0 Å². The van der Waals surface area contributed by atoms with Crippen LogP contribution in [0.3, 0.4) is 0 Å². The molecule has 1 aromatic carbocycles. The van der Waals surface area contributed by atoms with Gasteiger partial charge in [0.15, 0.2) is 23.2 Å². The van der Waals surface area contributed by atoms with Gasteiger partial charge in [0.1, 0.15) is 0 Å². The summed E-state index contributed by atoms with van der Waals surface area (Å²) in [5.74, 6) is -0.951. The maximum Gasteiger partial charge on any atom is 0.200 e. The maximum atomic E-state index is 14.5. The average Bonchev–Trinajstić information content (AvgIpc) is 2.90. The fourth-order valence-corrected chi connectivity index (χ4v) is 4.66. The summed E-state index contributed by atoms with van der Waals surface area (Å²) >= 11 is 0. The van der Waals surface area contributed by atoms with Gasteiger partial charge in [-0.1, -0.05) is 0 Å². The van der Waals surface area contributed by atoms with Crippen LogP contribution in [0.15, 0.2) is 36.8 Å². The number of piperazine rings is 1. The summed E-state index contributed by atoms with van der Waals surface area (Å²) in [6.45, 7) is 7.77. The zero-order valence-electron chi connectivity index (χ0n) is 19.8. The molecule has 3 aromatic rings. The topological polar surface area (TPSA) is 79.3 Å². The number of halogens is 2. The Morgan fingerprint density at radius 2 is 1.86 bits per heavy atom. The van der Waals surface area contributed by atoms with Gasteiger partial charge in [-0.25, -0.2) is 24.3 Å². The van der Waals surface area contributed by atoms with E-state index < -0.39 is 11.6 Å². The number of ether oxygens (including phenoxy) is 1. The van der Waals surface area contributed by atoms with E-state index in [2.05, 4.69) is 30.2 Å². The minimum Gasteiger partial charge on any atom is -0.490 e. The molecular formula is C25H29F2N7O. The third-order valence-electron chi connectivity index (χ3n) is 6.57. The van der Waals surface area contributed by atoms with E-state index in [0.29, 0.717) is 36.9 Å². The second-order valence-corrected chi connectivity index (χ2v) is 8.82. The molecule has 4 heterocycles. The van der Waals surface area contributed by atoms with Gasteiger partial charge in [0.2, 0.25) is 5.82 Å². The molecule has 0 spiro atoms. The monoisotopic (exact) mass is 481 g/mol. The van der Waals surface area contributed by atoms with Crippen LogP contribution >= 0.6 is 0 Å². The predicted octanol–water partition coefficient (Wildman–Crippen LogP) is 3.01. The summed E-state index contributed by atoms with van der Waals surface area (Å²) in [5.41, 5.74) is 2.44. The number of hydrogen-bond donors (Lipinski definition) is 1. The van der Waals surface area contributed by atoms with E-state index in [1.807, 2.05) is 11.8 Å². The number of hydrogen-bond acceptors (Lipinski definition) is 8. The molecule has 1 N–H and O–H groups in total. The largest absolute Gasteiger partial charge is 0.490 e. The fourth-order valence-electron chi connectivity index (χ4n) is 4.66. The molecule has 0 aliphatic carbocycles. The summed E-state index contributed by atoms with van der Waals surface area (Å²) < 4.78 is 34.7. The molecule has 0 radical (unpaired) electrons. The molecule has 0 amide bonds. The van der Waals surface area contributed by atoms with Gasteiger partial charge in [0, 0.05) is 87.7 Å². The van der Waals surface area contributed by atoms with E-state index in [4.69, 9.17) is 4.74 Å².